The number of nitrogens with one attached hydrogen (secondary N) is 1. The monoisotopic (exact) mass is 471 g/mol. The predicted molar refractivity (Wildman–Crippen MR) is 128 cm³/mol. The molecule has 0 bridgehead atoms. The standard InChI is InChI=1S/C24H33N5O3S/c1-24(2,3)13-21(30)28(16-19-7-5-11-33-19)18-12-20(22(31)27-10-8-25)29(15-18)23(32)17-6-4-9-26-14-17/h4-7,9,11,14,18,20H,8,10,12-13,15-16,25H2,1-3H3,(H,27,31). The number of hydrogen-bond donors (Lipinski definition) is 2. The van der Waals surface area contributed by atoms with Gasteiger partial charge >= 0.3 is 0 Å². The van der Waals surface area contributed by atoms with Crippen LogP contribution in [-0.2, 0) is 16.1 Å². The van der Waals surface area contributed by atoms with Crippen molar-refractivity contribution in [2.45, 2.75) is 52.2 Å². The molecule has 2 aromatic heterocycles. The summed E-state index contributed by atoms with van der Waals surface area (Å²) >= 11 is 1.59. The van der Waals surface area contributed by atoms with Crippen molar-refractivity contribution < 1.29 is 14.4 Å². The molecule has 3 heterocycles. The van der Waals surface area contributed by atoms with E-state index in [1.54, 1.807) is 34.6 Å². The van der Waals surface area contributed by atoms with Gasteiger partial charge in [0.25, 0.3) is 5.91 Å². The molecule has 3 N–H and O–H groups in total. The number of likely N-dealkylation sites (tertiary alicyclic amines) is 1. The average Bonchev–Trinajstić information content (AvgIpc) is 3.44. The summed E-state index contributed by atoms with van der Waals surface area (Å²) in [5.74, 6) is -0.491. The van der Waals surface area contributed by atoms with E-state index >= 15 is 0 Å². The first-order chi connectivity index (χ1) is 15.7. The molecule has 3 amide bonds. The minimum absolute atomic E-state index is 0.0256. The van der Waals surface area contributed by atoms with Gasteiger partial charge in [0.2, 0.25) is 11.8 Å². The van der Waals surface area contributed by atoms with Crippen molar-refractivity contribution in [2.24, 2.45) is 11.1 Å². The topological polar surface area (TPSA) is 109 Å². The van der Waals surface area contributed by atoms with Gasteiger partial charge in [0.05, 0.1) is 18.2 Å². The van der Waals surface area contributed by atoms with Crippen LogP contribution in [0.1, 0.15) is 48.8 Å². The van der Waals surface area contributed by atoms with Crippen LogP contribution in [0.25, 0.3) is 0 Å². The molecule has 2 atom stereocenters. The lowest BCUT2D eigenvalue weighted by Crippen LogP contribution is -2.47. The summed E-state index contributed by atoms with van der Waals surface area (Å²) in [6, 6.07) is 6.40. The van der Waals surface area contributed by atoms with E-state index in [1.165, 1.54) is 6.20 Å². The van der Waals surface area contributed by atoms with Gasteiger partial charge in [0.1, 0.15) is 6.04 Å². The number of carbonyl (C=O) groups is 3. The Balaban J connectivity index is 1.89. The van der Waals surface area contributed by atoms with Gasteiger partial charge in [-0.1, -0.05) is 26.8 Å². The Morgan fingerprint density at radius 2 is 2.06 bits per heavy atom. The number of amides is 3. The van der Waals surface area contributed by atoms with Gasteiger partial charge in [0, 0.05) is 43.3 Å². The Morgan fingerprint density at radius 3 is 2.67 bits per heavy atom. The highest BCUT2D eigenvalue weighted by molar-refractivity contribution is 7.09. The summed E-state index contributed by atoms with van der Waals surface area (Å²) in [6.45, 7) is 7.49. The Hall–Kier alpha value is -2.78. The maximum Gasteiger partial charge on any atom is 0.256 e. The highest BCUT2D eigenvalue weighted by atomic mass is 32.1. The summed E-state index contributed by atoms with van der Waals surface area (Å²) < 4.78 is 0. The van der Waals surface area contributed by atoms with E-state index in [9.17, 15) is 14.4 Å². The molecule has 9 heteroatoms. The van der Waals surface area contributed by atoms with E-state index in [4.69, 9.17) is 5.73 Å². The normalized spacial score (nSPS) is 18.2. The molecular weight excluding hydrogens is 438 g/mol. The Morgan fingerprint density at radius 1 is 1.27 bits per heavy atom. The summed E-state index contributed by atoms with van der Waals surface area (Å²) in [6.07, 6.45) is 3.86. The number of nitrogens with zero attached hydrogens (tertiary/aromatic N) is 3. The summed E-state index contributed by atoms with van der Waals surface area (Å²) in [5, 5.41) is 4.79. The first-order valence-electron chi connectivity index (χ1n) is 11.2. The van der Waals surface area contributed by atoms with Gasteiger partial charge < -0.3 is 20.9 Å². The van der Waals surface area contributed by atoms with Crippen LogP contribution in [0, 0.1) is 5.41 Å². The van der Waals surface area contributed by atoms with E-state index in [2.05, 4.69) is 10.3 Å². The van der Waals surface area contributed by atoms with Crippen LogP contribution in [0.15, 0.2) is 42.0 Å². The number of pyridine rings is 1. The van der Waals surface area contributed by atoms with Crippen LogP contribution in [0.3, 0.4) is 0 Å². The number of nitrogens with two attached hydrogens (primary N) is 1. The smallest absolute Gasteiger partial charge is 0.256 e. The largest absolute Gasteiger partial charge is 0.353 e. The van der Waals surface area contributed by atoms with Crippen LogP contribution in [-0.4, -0.2) is 64.2 Å². The van der Waals surface area contributed by atoms with Crippen LogP contribution < -0.4 is 11.1 Å². The highest BCUT2D eigenvalue weighted by Gasteiger charge is 2.43. The van der Waals surface area contributed by atoms with Crippen LogP contribution >= 0.6 is 11.3 Å². The molecule has 1 saturated heterocycles. The van der Waals surface area contributed by atoms with Crippen LogP contribution in [0.2, 0.25) is 0 Å². The maximum atomic E-state index is 13.4. The fraction of sp³-hybridized carbons (Fsp3) is 0.500. The third-order valence-corrected chi connectivity index (χ3v) is 6.40. The van der Waals surface area contributed by atoms with Crippen molar-refractivity contribution in [1.82, 2.24) is 20.1 Å². The maximum absolute atomic E-state index is 13.4. The first kappa shape index (κ1) is 24.9. The van der Waals surface area contributed by atoms with Gasteiger partial charge in [-0.15, -0.1) is 11.3 Å². The zero-order valence-corrected chi connectivity index (χ0v) is 20.3. The lowest BCUT2D eigenvalue weighted by atomic mass is 9.91. The molecule has 1 aliphatic rings. The number of thiophene rings is 1. The Kier molecular flexibility index (Phi) is 8.20. The zero-order chi connectivity index (χ0) is 24.0. The lowest BCUT2D eigenvalue weighted by Gasteiger charge is -2.31. The second kappa shape index (κ2) is 10.9. The first-order valence-corrected chi connectivity index (χ1v) is 12.1. The molecule has 8 nitrogen and oxygen atoms in total. The molecule has 0 radical (unpaired) electrons. The number of rotatable bonds is 8. The van der Waals surface area contributed by atoms with Crippen molar-refractivity contribution >= 4 is 29.1 Å². The minimum atomic E-state index is -0.678. The summed E-state index contributed by atoms with van der Waals surface area (Å²) in [4.78, 5) is 48.1. The molecule has 2 unspecified atom stereocenters. The molecule has 0 spiro atoms. The summed E-state index contributed by atoms with van der Waals surface area (Å²) in [7, 11) is 0. The molecule has 1 fully saturated rings. The van der Waals surface area contributed by atoms with Crippen molar-refractivity contribution in [1.29, 1.82) is 0 Å². The zero-order valence-electron chi connectivity index (χ0n) is 19.5. The SMILES string of the molecule is CC(C)(C)CC(=O)N(Cc1cccs1)C1CC(C(=O)NCCN)N(C(=O)c2cccnc2)C1. The van der Waals surface area contributed by atoms with E-state index in [0.29, 0.717) is 38.0 Å². The molecule has 33 heavy (non-hydrogen) atoms. The van der Waals surface area contributed by atoms with E-state index < -0.39 is 6.04 Å². The molecular formula is C24H33N5O3S. The third kappa shape index (κ3) is 6.61. The van der Waals surface area contributed by atoms with Gasteiger partial charge in [-0.25, -0.2) is 0 Å². The van der Waals surface area contributed by atoms with Crippen LogP contribution in [0.4, 0.5) is 0 Å². The Labute approximate surface area is 199 Å². The highest BCUT2D eigenvalue weighted by Crippen LogP contribution is 2.29. The third-order valence-electron chi connectivity index (χ3n) is 5.54. The second-order valence-corrected chi connectivity index (χ2v) is 10.6. The fourth-order valence-corrected chi connectivity index (χ4v) is 4.73. The van der Waals surface area contributed by atoms with Crippen molar-refractivity contribution in [3.63, 3.8) is 0 Å². The Bertz CT molecular complexity index is 943. The molecule has 3 rings (SSSR count). The molecule has 1 aliphatic heterocycles. The van der Waals surface area contributed by atoms with E-state index in [0.717, 1.165) is 4.88 Å². The predicted octanol–water partition coefficient (Wildman–Crippen LogP) is 2.27. The summed E-state index contributed by atoms with van der Waals surface area (Å²) in [5.41, 5.74) is 5.80. The van der Waals surface area contributed by atoms with Crippen LogP contribution in [0.5, 0.6) is 0 Å². The quantitative estimate of drug-likeness (QED) is 0.614. The molecule has 0 saturated carbocycles. The molecule has 2 aromatic rings. The molecule has 0 aliphatic carbocycles. The number of hydrogen-bond acceptors (Lipinski definition) is 6. The van der Waals surface area contributed by atoms with Gasteiger partial charge in [-0.2, -0.15) is 0 Å². The van der Waals surface area contributed by atoms with Crippen molar-refractivity contribution in [2.75, 3.05) is 19.6 Å². The van der Waals surface area contributed by atoms with E-state index in [-0.39, 0.29) is 35.7 Å². The van der Waals surface area contributed by atoms with Gasteiger partial charge in [0.15, 0.2) is 0 Å². The number of aromatic nitrogens is 1. The molecule has 0 aromatic carbocycles. The lowest BCUT2D eigenvalue weighted by molar-refractivity contribution is -0.136. The number of carbonyl (C=O) groups excluding carboxylic acids is 3. The minimum Gasteiger partial charge on any atom is -0.353 e. The fourth-order valence-electron chi connectivity index (χ4n) is 4.03. The van der Waals surface area contributed by atoms with Gasteiger partial charge in [-0.05, 0) is 35.4 Å². The van der Waals surface area contributed by atoms with Gasteiger partial charge in [-0.3, -0.25) is 19.4 Å². The van der Waals surface area contributed by atoms with Crippen molar-refractivity contribution in [3.8, 4) is 0 Å². The van der Waals surface area contributed by atoms with E-state index in [1.807, 2.05) is 43.2 Å². The molecule has 178 valence electrons. The average molecular weight is 472 g/mol. The second-order valence-electron chi connectivity index (χ2n) is 9.52. The van der Waals surface area contributed by atoms with Crippen molar-refractivity contribution in [3.05, 3.63) is 52.5 Å².